The van der Waals surface area contributed by atoms with Crippen LogP contribution in [-0.2, 0) is 17.8 Å². The van der Waals surface area contributed by atoms with E-state index in [0.29, 0.717) is 29.6 Å². The third kappa shape index (κ3) is 4.46. The molecule has 0 saturated heterocycles. The summed E-state index contributed by atoms with van der Waals surface area (Å²) in [6.07, 6.45) is 1.10. The first-order chi connectivity index (χ1) is 14.1. The Hall–Kier alpha value is -3.18. The van der Waals surface area contributed by atoms with Crippen LogP contribution in [-0.4, -0.2) is 28.0 Å². The molecule has 3 aromatic carbocycles. The average molecular weight is 406 g/mol. The average Bonchev–Trinajstić information content (AvgIpc) is 3.20. The second kappa shape index (κ2) is 8.45. The normalized spacial score (nSPS) is 11.0. The second-order valence-corrected chi connectivity index (χ2v) is 7.34. The summed E-state index contributed by atoms with van der Waals surface area (Å²) < 4.78 is 5.30. The summed E-state index contributed by atoms with van der Waals surface area (Å²) >= 11 is 5.91. The maximum Gasteiger partial charge on any atom is 0.246 e. The molecule has 0 fully saturated rings. The molecule has 0 saturated carbocycles. The van der Waals surface area contributed by atoms with Crippen molar-refractivity contribution in [2.45, 2.75) is 19.4 Å². The van der Waals surface area contributed by atoms with Crippen LogP contribution in [0.15, 0.2) is 71.3 Å². The number of hydrogen-bond acceptors (Lipinski definition) is 4. The van der Waals surface area contributed by atoms with Crippen LogP contribution in [0.25, 0.3) is 22.2 Å². The maximum atomic E-state index is 12.6. The van der Waals surface area contributed by atoms with E-state index in [-0.39, 0.29) is 12.5 Å². The van der Waals surface area contributed by atoms with E-state index in [1.165, 1.54) is 16.3 Å². The number of halogens is 1. The Morgan fingerprint density at radius 3 is 2.62 bits per heavy atom. The zero-order valence-electron chi connectivity index (χ0n) is 16.0. The van der Waals surface area contributed by atoms with Gasteiger partial charge in [-0.25, -0.2) is 0 Å². The lowest BCUT2D eigenvalue weighted by atomic mass is 10.0. The minimum atomic E-state index is 0.0316. The number of aryl methyl sites for hydroxylation is 1. The van der Waals surface area contributed by atoms with Crippen molar-refractivity contribution in [2.75, 3.05) is 7.05 Å². The minimum absolute atomic E-state index is 0.0316. The van der Waals surface area contributed by atoms with Crippen LogP contribution in [0.4, 0.5) is 0 Å². The Bertz CT molecular complexity index is 1130. The molecule has 1 amide bonds. The van der Waals surface area contributed by atoms with E-state index in [1.807, 2.05) is 30.3 Å². The molecular formula is C23H20ClN3O2. The van der Waals surface area contributed by atoms with E-state index in [1.54, 1.807) is 24.1 Å². The molecule has 0 N–H and O–H groups in total. The first kappa shape index (κ1) is 19.2. The molecular weight excluding hydrogens is 386 g/mol. The van der Waals surface area contributed by atoms with Gasteiger partial charge in [-0.15, -0.1) is 0 Å². The molecule has 29 heavy (non-hydrogen) atoms. The summed E-state index contributed by atoms with van der Waals surface area (Å²) in [5, 5.41) is 7.01. The Kier molecular flexibility index (Phi) is 5.58. The molecule has 4 rings (SSSR count). The number of nitrogens with zero attached hydrogens (tertiary/aromatic N) is 3. The third-order valence-corrected chi connectivity index (χ3v) is 5.11. The Labute approximate surface area is 173 Å². The number of amides is 1. The highest BCUT2D eigenvalue weighted by molar-refractivity contribution is 6.30. The number of benzene rings is 3. The fraction of sp³-hybridized carbons (Fsp3) is 0.174. The van der Waals surface area contributed by atoms with Gasteiger partial charge in [-0.2, -0.15) is 4.98 Å². The van der Waals surface area contributed by atoms with Crippen LogP contribution in [0.5, 0.6) is 0 Å². The van der Waals surface area contributed by atoms with Crippen molar-refractivity contribution < 1.29 is 9.32 Å². The molecule has 0 radical (unpaired) electrons. The van der Waals surface area contributed by atoms with Gasteiger partial charge in [-0.1, -0.05) is 59.2 Å². The number of rotatable bonds is 6. The molecule has 0 atom stereocenters. The van der Waals surface area contributed by atoms with Gasteiger partial charge in [0.05, 0.1) is 6.54 Å². The first-order valence-electron chi connectivity index (χ1n) is 9.39. The molecule has 0 aliphatic carbocycles. The lowest BCUT2D eigenvalue weighted by molar-refractivity contribution is -0.130. The molecule has 1 aromatic heterocycles. The van der Waals surface area contributed by atoms with Gasteiger partial charge in [-0.05, 0) is 47.0 Å². The van der Waals surface area contributed by atoms with Crippen LogP contribution in [0.3, 0.4) is 0 Å². The molecule has 1 heterocycles. The SMILES string of the molecule is CN(Cc1nc(-c2ccc(Cl)cc2)no1)C(=O)CCc1cccc2ccccc12. The molecule has 4 aromatic rings. The fourth-order valence-electron chi connectivity index (χ4n) is 3.27. The van der Waals surface area contributed by atoms with Crippen LogP contribution in [0.1, 0.15) is 17.9 Å². The Morgan fingerprint density at radius 1 is 1.03 bits per heavy atom. The Morgan fingerprint density at radius 2 is 1.79 bits per heavy atom. The number of hydrogen-bond donors (Lipinski definition) is 0. The predicted octanol–water partition coefficient (Wildman–Crippen LogP) is 5.13. The predicted molar refractivity (Wildman–Crippen MR) is 113 cm³/mol. The quantitative estimate of drug-likeness (QED) is 0.446. The smallest absolute Gasteiger partial charge is 0.246 e. The van der Waals surface area contributed by atoms with E-state index in [4.69, 9.17) is 16.1 Å². The van der Waals surface area contributed by atoms with Gasteiger partial charge >= 0.3 is 0 Å². The van der Waals surface area contributed by atoms with Crippen molar-refractivity contribution in [3.05, 3.63) is 83.2 Å². The Balaban J connectivity index is 1.38. The van der Waals surface area contributed by atoms with Crippen LogP contribution in [0.2, 0.25) is 5.02 Å². The second-order valence-electron chi connectivity index (χ2n) is 6.91. The summed E-state index contributed by atoms with van der Waals surface area (Å²) in [4.78, 5) is 18.6. The summed E-state index contributed by atoms with van der Waals surface area (Å²) in [6.45, 7) is 0.273. The zero-order valence-corrected chi connectivity index (χ0v) is 16.8. The third-order valence-electron chi connectivity index (χ3n) is 4.86. The molecule has 146 valence electrons. The van der Waals surface area contributed by atoms with Gasteiger partial charge in [0, 0.05) is 24.1 Å². The van der Waals surface area contributed by atoms with E-state index < -0.39 is 0 Å². The van der Waals surface area contributed by atoms with Gasteiger partial charge in [0.2, 0.25) is 17.6 Å². The molecule has 5 nitrogen and oxygen atoms in total. The summed E-state index contributed by atoms with van der Waals surface area (Å²) in [5.41, 5.74) is 1.99. The zero-order chi connectivity index (χ0) is 20.2. The highest BCUT2D eigenvalue weighted by Gasteiger charge is 2.15. The minimum Gasteiger partial charge on any atom is -0.337 e. The van der Waals surface area contributed by atoms with Crippen molar-refractivity contribution in [2.24, 2.45) is 0 Å². The molecule has 0 aliphatic rings. The maximum absolute atomic E-state index is 12.6. The van der Waals surface area contributed by atoms with Crippen LogP contribution < -0.4 is 0 Å². The topological polar surface area (TPSA) is 59.2 Å². The van der Waals surface area contributed by atoms with E-state index in [2.05, 4.69) is 34.4 Å². The van der Waals surface area contributed by atoms with E-state index in [9.17, 15) is 4.79 Å². The molecule has 6 heteroatoms. The molecule has 0 bridgehead atoms. The number of carbonyl (C=O) groups is 1. The van der Waals surface area contributed by atoms with Crippen molar-refractivity contribution >= 4 is 28.3 Å². The van der Waals surface area contributed by atoms with E-state index in [0.717, 1.165) is 5.56 Å². The highest BCUT2D eigenvalue weighted by Crippen LogP contribution is 2.21. The van der Waals surface area contributed by atoms with Crippen molar-refractivity contribution in [1.29, 1.82) is 0 Å². The summed E-state index contributed by atoms with van der Waals surface area (Å²) in [6, 6.07) is 21.6. The highest BCUT2D eigenvalue weighted by atomic mass is 35.5. The standard InChI is InChI=1S/C23H20ClN3O2/c1-27(15-21-25-23(26-29-21)18-9-12-19(24)13-10-18)22(28)14-11-17-7-4-6-16-5-2-3-8-20(16)17/h2-10,12-13H,11,14-15H2,1H3. The molecule has 0 aliphatic heterocycles. The van der Waals surface area contributed by atoms with Crippen LogP contribution in [0, 0.1) is 0 Å². The first-order valence-corrected chi connectivity index (χ1v) is 9.77. The van der Waals surface area contributed by atoms with E-state index >= 15 is 0 Å². The summed E-state index contributed by atoms with van der Waals surface area (Å²) in [7, 11) is 1.75. The lowest BCUT2D eigenvalue weighted by Crippen LogP contribution is -2.26. The number of fused-ring (bicyclic) bond motifs is 1. The largest absolute Gasteiger partial charge is 0.337 e. The van der Waals surface area contributed by atoms with Gasteiger partial charge in [-0.3, -0.25) is 4.79 Å². The van der Waals surface area contributed by atoms with Crippen molar-refractivity contribution in [3.63, 3.8) is 0 Å². The number of aromatic nitrogens is 2. The van der Waals surface area contributed by atoms with Gasteiger partial charge < -0.3 is 9.42 Å². The van der Waals surface area contributed by atoms with Gasteiger partial charge in [0.1, 0.15) is 0 Å². The van der Waals surface area contributed by atoms with Gasteiger partial charge in [0.15, 0.2) is 0 Å². The molecule has 0 spiro atoms. The summed E-state index contributed by atoms with van der Waals surface area (Å²) in [5.74, 6) is 0.911. The van der Waals surface area contributed by atoms with Crippen LogP contribution >= 0.6 is 11.6 Å². The van der Waals surface area contributed by atoms with Crippen molar-refractivity contribution in [1.82, 2.24) is 15.0 Å². The monoisotopic (exact) mass is 405 g/mol. The number of carbonyl (C=O) groups excluding carboxylic acids is 1. The van der Waals surface area contributed by atoms with Crippen molar-refractivity contribution in [3.8, 4) is 11.4 Å². The lowest BCUT2D eigenvalue weighted by Gasteiger charge is -2.15. The fourth-order valence-corrected chi connectivity index (χ4v) is 3.40. The molecule has 0 unspecified atom stereocenters. The van der Waals surface area contributed by atoms with Gasteiger partial charge in [0.25, 0.3) is 0 Å².